The Morgan fingerprint density at radius 2 is 1.68 bits per heavy atom. The number of carbonyl (C=O) groups is 3. The quantitative estimate of drug-likeness (QED) is 0.683. The molecule has 0 spiro atoms. The first-order valence-electron chi connectivity index (χ1n) is 9.10. The van der Waals surface area contributed by atoms with E-state index in [1.165, 1.54) is 0 Å². The zero-order valence-electron chi connectivity index (χ0n) is 16.8. The standard InChI is InChI=1S/C21H25NO5S/c1-6-26-20(24)16-14(5)17(21(25)27-11-12(2)3)28-19(16)22-18(23)15-9-7-13(4)8-10-15/h7-10,12H,6,11H2,1-5H3,(H,22,23). The fourth-order valence-electron chi connectivity index (χ4n) is 2.43. The Morgan fingerprint density at radius 3 is 2.25 bits per heavy atom. The van der Waals surface area contributed by atoms with Gasteiger partial charge in [-0.1, -0.05) is 31.5 Å². The first-order valence-corrected chi connectivity index (χ1v) is 9.91. The summed E-state index contributed by atoms with van der Waals surface area (Å²) in [6.07, 6.45) is 0. The number of anilines is 1. The normalized spacial score (nSPS) is 10.6. The van der Waals surface area contributed by atoms with Crippen LogP contribution in [0.5, 0.6) is 0 Å². The van der Waals surface area contributed by atoms with E-state index in [0.717, 1.165) is 16.9 Å². The number of carbonyl (C=O) groups excluding carboxylic acids is 3. The molecule has 7 heteroatoms. The number of hydrogen-bond acceptors (Lipinski definition) is 6. The maximum absolute atomic E-state index is 12.6. The van der Waals surface area contributed by atoms with Gasteiger partial charge in [-0.25, -0.2) is 9.59 Å². The monoisotopic (exact) mass is 403 g/mol. The number of esters is 2. The minimum Gasteiger partial charge on any atom is -0.462 e. The Bertz CT molecular complexity index is 868. The molecule has 6 nitrogen and oxygen atoms in total. The predicted octanol–water partition coefficient (Wildman–Crippen LogP) is 4.61. The summed E-state index contributed by atoms with van der Waals surface area (Å²) in [5, 5.41) is 3.01. The van der Waals surface area contributed by atoms with E-state index in [1.807, 2.05) is 32.9 Å². The van der Waals surface area contributed by atoms with Crippen LogP contribution < -0.4 is 5.32 Å². The molecule has 1 amide bonds. The van der Waals surface area contributed by atoms with E-state index in [4.69, 9.17) is 9.47 Å². The van der Waals surface area contributed by atoms with E-state index < -0.39 is 11.9 Å². The van der Waals surface area contributed by atoms with Gasteiger partial charge in [0.15, 0.2) is 0 Å². The Labute approximate surface area is 168 Å². The maximum atomic E-state index is 12.6. The molecule has 0 aliphatic carbocycles. The second-order valence-electron chi connectivity index (χ2n) is 6.79. The minimum absolute atomic E-state index is 0.184. The number of thiophene rings is 1. The molecule has 0 aliphatic rings. The summed E-state index contributed by atoms with van der Waals surface area (Å²) in [5.74, 6) is -1.28. The highest BCUT2D eigenvalue weighted by Gasteiger charge is 2.27. The number of rotatable bonds is 7. The largest absolute Gasteiger partial charge is 0.462 e. The van der Waals surface area contributed by atoms with Crippen LogP contribution in [0.2, 0.25) is 0 Å². The fourth-order valence-corrected chi connectivity index (χ4v) is 3.52. The van der Waals surface area contributed by atoms with E-state index in [0.29, 0.717) is 11.1 Å². The summed E-state index contributed by atoms with van der Waals surface area (Å²) in [6, 6.07) is 7.06. The van der Waals surface area contributed by atoms with E-state index in [1.54, 1.807) is 26.0 Å². The van der Waals surface area contributed by atoms with Crippen molar-refractivity contribution in [2.45, 2.75) is 34.6 Å². The number of hydrogen-bond donors (Lipinski definition) is 1. The van der Waals surface area contributed by atoms with Crippen molar-refractivity contribution in [3.05, 3.63) is 51.4 Å². The lowest BCUT2D eigenvalue weighted by Gasteiger charge is -2.07. The molecule has 28 heavy (non-hydrogen) atoms. The van der Waals surface area contributed by atoms with Gasteiger partial charge in [0, 0.05) is 5.56 Å². The number of amides is 1. The first kappa shape index (κ1) is 21.6. The number of benzene rings is 1. The van der Waals surface area contributed by atoms with Crippen molar-refractivity contribution in [2.75, 3.05) is 18.5 Å². The van der Waals surface area contributed by atoms with E-state index in [9.17, 15) is 14.4 Å². The van der Waals surface area contributed by atoms with Gasteiger partial charge in [0.2, 0.25) is 0 Å². The molecule has 0 saturated carbocycles. The van der Waals surface area contributed by atoms with Gasteiger partial charge in [-0.3, -0.25) is 4.79 Å². The summed E-state index contributed by atoms with van der Waals surface area (Å²) < 4.78 is 10.4. The van der Waals surface area contributed by atoms with Crippen LogP contribution >= 0.6 is 11.3 Å². The van der Waals surface area contributed by atoms with Crippen molar-refractivity contribution < 1.29 is 23.9 Å². The molecule has 1 heterocycles. The molecule has 1 N–H and O–H groups in total. The Balaban J connectivity index is 2.36. The lowest BCUT2D eigenvalue weighted by atomic mass is 10.1. The Kier molecular flexibility index (Phi) is 7.34. The van der Waals surface area contributed by atoms with E-state index in [-0.39, 0.29) is 40.5 Å². The van der Waals surface area contributed by atoms with Crippen molar-refractivity contribution in [3.8, 4) is 0 Å². The summed E-state index contributed by atoms with van der Waals surface area (Å²) in [7, 11) is 0. The van der Waals surface area contributed by atoms with Gasteiger partial charge in [-0.15, -0.1) is 11.3 Å². The molecule has 0 unspecified atom stereocenters. The van der Waals surface area contributed by atoms with Gasteiger partial charge in [0.05, 0.1) is 18.8 Å². The Morgan fingerprint density at radius 1 is 1.04 bits per heavy atom. The highest BCUT2D eigenvalue weighted by molar-refractivity contribution is 7.18. The third-order valence-electron chi connectivity index (χ3n) is 3.90. The molecule has 2 rings (SSSR count). The molecule has 0 fully saturated rings. The molecular weight excluding hydrogens is 378 g/mol. The lowest BCUT2D eigenvalue weighted by Crippen LogP contribution is -2.15. The number of aryl methyl sites for hydroxylation is 1. The second kappa shape index (κ2) is 9.50. The van der Waals surface area contributed by atoms with Gasteiger partial charge < -0.3 is 14.8 Å². The molecule has 2 aromatic rings. The average molecular weight is 404 g/mol. The van der Waals surface area contributed by atoms with E-state index >= 15 is 0 Å². The van der Waals surface area contributed by atoms with Crippen molar-refractivity contribution >= 4 is 34.2 Å². The molecule has 1 aromatic heterocycles. The van der Waals surface area contributed by atoms with Crippen molar-refractivity contribution in [3.63, 3.8) is 0 Å². The summed E-state index contributed by atoms with van der Waals surface area (Å²) in [5.41, 5.74) is 2.11. The predicted molar refractivity (Wildman–Crippen MR) is 109 cm³/mol. The summed E-state index contributed by atoms with van der Waals surface area (Å²) >= 11 is 1.02. The molecule has 0 bridgehead atoms. The van der Waals surface area contributed by atoms with Gasteiger partial charge >= 0.3 is 11.9 Å². The van der Waals surface area contributed by atoms with Crippen LogP contribution in [-0.4, -0.2) is 31.1 Å². The average Bonchev–Trinajstić information content (AvgIpc) is 2.96. The number of nitrogens with one attached hydrogen (secondary N) is 1. The van der Waals surface area contributed by atoms with Crippen LogP contribution in [0.25, 0.3) is 0 Å². The second-order valence-corrected chi connectivity index (χ2v) is 7.81. The highest BCUT2D eigenvalue weighted by Crippen LogP contribution is 2.34. The topological polar surface area (TPSA) is 81.7 Å². The Hall–Kier alpha value is -2.67. The third-order valence-corrected chi connectivity index (χ3v) is 5.09. The van der Waals surface area contributed by atoms with Crippen molar-refractivity contribution in [2.24, 2.45) is 5.92 Å². The van der Waals surface area contributed by atoms with Crippen LogP contribution in [0.4, 0.5) is 5.00 Å². The molecule has 0 atom stereocenters. The van der Waals surface area contributed by atoms with Crippen molar-refractivity contribution in [1.82, 2.24) is 0 Å². The first-order chi connectivity index (χ1) is 13.2. The van der Waals surface area contributed by atoms with Gasteiger partial charge in [0.1, 0.15) is 9.88 Å². The smallest absolute Gasteiger partial charge is 0.348 e. The SMILES string of the molecule is CCOC(=O)c1c(NC(=O)c2ccc(C)cc2)sc(C(=O)OCC(C)C)c1C. The van der Waals surface area contributed by atoms with Crippen LogP contribution in [0, 0.1) is 19.8 Å². The molecule has 1 aromatic carbocycles. The molecule has 0 radical (unpaired) electrons. The zero-order chi connectivity index (χ0) is 20.8. The van der Waals surface area contributed by atoms with Crippen LogP contribution in [0.15, 0.2) is 24.3 Å². The maximum Gasteiger partial charge on any atom is 0.348 e. The molecular formula is C21H25NO5S. The summed E-state index contributed by atoms with van der Waals surface area (Å²) in [6.45, 7) is 9.61. The molecule has 150 valence electrons. The van der Waals surface area contributed by atoms with E-state index in [2.05, 4.69) is 5.32 Å². The minimum atomic E-state index is -0.585. The van der Waals surface area contributed by atoms with Crippen molar-refractivity contribution in [1.29, 1.82) is 0 Å². The van der Waals surface area contributed by atoms with Crippen LogP contribution in [0.1, 0.15) is 62.3 Å². The van der Waals surface area contributed by atoms with Gasteiger partial charge in [-0.05, 0) is 44.4 Å². The van der Waals surface area contributed by atoms with Gasteiger partial charge in [-0.2, -0.15) is 0 Å². The lowest BCUT2D eigenvalue weighted by molar-refractivity contribution is 0.0464. The van der Waals surface area contributed by atoms with Crippen LogP contribution in [0.3, 0.4) is 0 Å². The van der Waals surface area contributed by atoms with Crippen LogP contribution in [-0.2, 0) is 9.47 Å². The zero-order valence-corrected chi connectivity index (χ0v) is 17.6. The fraction of sp³-hybridized carbons (Fsp3) is 0.381. The molecule has 0 saturated heterocycles. The highest BCUT2D eigenvalue weighted by atomic mass is 32.1. The number of ether oxygens (including phenoxy) is 2. The summed E-state index contributed by atoms with van der Waals surface area (Å²) in [4.78, 5) is 37.7. The molecule has 0 aliphatic heterocycles. The van der Waals surface area contributed by atoms with Gasteiger partial charge in [0.25, 0.3) is 5.91 Å². The third kappa shape index (κ3) is 5.19.